The molecule has 3 heteroatoms. The first kappa shape index (κ1) is 11.0. The molecule has 0 aromatic rings. The second-order valence-electron chi connectivity index (χ2n) is 3.86. The van der Waals surface area contributed by atoms with Crippen molar-refractivity contribution in [1.29, 1.82) is 0 Å². The Morgan fingerprint density at radius 1 is 1.23 bits per heavy atom. The lowest BCUT2D eigenvalue weighted by atomic mass is 10.2. The fourth-order valence-corrected chi connectivity index (χ4v) is 1.86. The fourth-order valence-electron chi connectivity index (χ4n) is 1.86. The van der Waals surface area contributed by atoms with E-state index in [0.717, 1.165) is 6.61 Å². The lowest BCUT2D eigenvalue weighted by molar-refractivity contribution is 0.0549. The number of nitrogens with zero attached hydrogens (tertiary/aromatic N) is 2. The van der Waals surface area contributed by atoms with Crippen molar-refractivity contribution in [2.45, 2.75) is 19.4 Å². The maximum absolute atomic E-state index is 5.22. The molecule has 3 nitrogen and oxygen atoms in total. The van der Waals surface area contributed by atoms with Crippen LogP contribution in [0, 0.1) is 0 Å². The summed E-state index contributed by atoms with van der Waals surface area (Å²) in [6, 6.07) is 0.624. The van der Waals surface area contributed by atoms with Crippen LogP contribution >= 0.6 is 0 Å². The van der Waals surface area contributed by atoms with Gasteiger partial charge in [0.05, 0.1) is 6.61 Å². The number of piperazine rings is 1. The summed E-state index contributed by atoms with van der Waals surface area (Å²) in [6.45, 7) is 7.89. The zero-order chi connectivity index (χ0) is 9.68. The van der Waals surface area contributed by atoms with Gasteiger partial charge in [0, 0.05) is 39.3 Å². The minimum Gasteiger partial charge on any atom is -0.383 e. The Morgan fingerprint density at radius 2 is 1.85 bits per heavy atom. The smallest absolute Gasteiger partial charge is 0.0617 e. The van der Waals surface area contributed by atoms with Crippen molar-refractivity contribution in [2.75, 3.05) is 46.9 Å². The monoisotopic (exact) mass is 186 g/mol. The van der Waals surface area contributed by atoms with Crippen LogP contribution < -0.4 is 0 Å². The Kier molecular flexibility index (Phi) is 4.70. The molecule has 0 radical (unpaired) electrons. The van der Waals surface area contributed by atoms with E-state index in [4.69, 9.17) is 4.74 Å². The topological polar surface area (TPSA) is 15.7 Å². The van der Waals surface area contributed by atoms with Crippen molar-refractivity contribution >= 4 is 0 Å². The molecule has 0 aromatic heterocycles. The Hall–Kier alpha value is -0.120. The number of methoxy groups -OCH3 is 1. The van der Waals surface area contributed by atoms with E-state index >= 15 is 0 Å². The van der Waals surface area contributed by atoms with Crippen LogP contribution in [0.5, 0.6) is 0 Å². The highest BCUT2D eigenvalue weighted by molar-refractivity contribution is 4.76. The number of ether oxygens (including phenoxy) is 1. The highest BCUT2D eigenvalue weighted by atomic mass is 16.5. The first-order valence-electron chi connectivity index (χ1n) is 5.19. The van der Waals surface area contributed by atoms with Crippen molar-refractivity contribution in [3.8, 4) is 0 Å². The van der Waals surface area contributed by atoms with Gasteiger partial charge in [-0.2, -0.15) is 0 Å². The summed E-state index contributed by atoms with van der Waals surface area (Å²) in [5.41, 5.74) is 0. The van der Waals surface area contributed by atoms with Gasteiger partial charge in [-0.15, -0.1) is 0 Å². The molecule has 1 aliphatic rings. The van der Waals surface area contributed by atoms with Gasteiger partial charge < -0.3 is 9.64 Å². The molecular weight excluding hydrogens is 164 g/mol. The lowest BCUT2D eigenvalue weighted by Crippen LogP contribution is -2.50. The summed E-state index contributed by atoms with van der Waals surface area (Å²) < 4.78 is 5.22. The molecule has 0 unspecified atom stereocenters. The van der Waals surface area contributed by atoms with Gasteiger partial charge in [0.2, 0.25) is 0 Å². The normalized spacial score (nSPS) is 23.3. The number of hydrogen-bond donors (Lipinski definition) is 0. The molecule has 1 heterocycles. The largest absolute Gasteiger partial charge is 0.383 e. The molecule has 1 rings (SSSR count). The number of hydrogen-bond acceptors (Lipinski definition) is 3. The lowest BCUT2D eigenvalue weighted by Gasteiger charge is -2.37. The molecule has 13 heavy (non-hydrogen) atoms. The fraction of sp³-hybridized carbons (Fsp3) is 1.00. The van der Waals surface area contributed by atoms with E-state index in [1.165, 1.54) is 32.6 Å². The van der Waals surface area contributed by atoms with Gasteiger partial charge in [-0.1, -0.05) is 6.92 Å². The molecular formula is C10H22N2O. The number of rotatable bonds is 4. The Morgan fingerprint density at radius 3 is 2.31 bits per heavy atom. The van der Waals surface area contributed by atoms with Crippen molar-refractivity contribution in [3.05, 3.63) is 0 Å². The molecule has 0 aromatic carbocycles. The molecule has 0 spiro atoms. The second kappa shape index (κ2) is 5.58. The van der Waals surface area contributed by atoms with Crippen LogP contribution in [-0.2, 0) is 4.74 Å². The maximum atomic E-state index is 5.22. The van der Waals surface area contributed by atoms with Crippen LogP contribution in [0.25, 0.3) is 0 Å². The van der Waals surface area contributed by atoms with E-state index in [0.29, 0.717) is 6.04 Å². The van der Waals surface area contributed by atoms with Crippen molar-refractivity contribution in [1.82, 2.24) is 9.80 Å². The summed E-state index contributed by atoms with van der Waals surface area (Å²) >= 11 is 0. The zero-order valence-electron chi connectivity index (χ0n) is 9.12. The SMILES string of the molecule is CC[C@@H](COC)N1CCN(C)CC1. The van der Waals surface area contributed by atoms with Crippen LogP contribution in [-0.4, -0.2) is 62.8 Å². The van der Waals surface area contributed by atoms with E-state index in [1.807, 2.05) is 0 Å². The molecule has 1 fully saturated rings. The molecule has 78 valence electrons. The van der Waals surface area contributed by atoms with E-state index in [2.05, 4.69) is 23.8 Å². The van der Waals surface area contributed by atoms with E-state index in [9.17, 15) is 0 Å². The molecule has 0 N–H and O–H groups in total. The van der Waals surface area contributed by atoms with E-state index in [-0.39, 0.29) is 0 Å². The minimum atomic E-state index is 0.624. The predicted molar refractivity (Wildman–Crippen MR) is 55.0 cm³/mol. The average molecular weight is 186 g/mol. The zero-order valence-corrected chi connectivity index (χ0v) is 9.12. The standard InChI is InChI=1S/C10H22N2O/c1-4-10(9-13-3)12-7-5-11(2)6-8-12/h10H,4-9H2,1-3H3/t10-/m0/s1. The summed E-state index contributed by atoms with van der Waals surface area (Å²) in [4.78, 5) is 4.93. The highest BCUT2D eigenvalue weighted by Crippen LogP contribution is 2.08. The summed E-state index contributed by atoms with van der Waals surface area (Å²) in [7, 11) is 3.98. The third kappa shape index (κ3) is 3.25. The first-order chi connectivity index (χ1) is 6.27. The predicted octanol–water partition coefficient (Wildman–Crippen LogP) is 0.659. The molecule has 0 aliphatic carbocycles. The van der Waals surface area contributed by atoms with Crippen LogP contribution in [0.2, 0.25) is 0 Å². The highest BCUT2D eigenvalue weighted by Gasteiger charge is 2.20. The third-order valence-corrected chi connectivity index (χ3v) is 2.88. The summed E-state index contributed by atoms with van der Waals surface area (Å²) in [5, 5.41) is 0. The van der Waals surface area contributed by atoms with Gasteiger partial charge in [-0.3, -0.25) is 4.90 Å². The van der Waals surface area contributed by atoms with Gasteiger partial charge in [-0.05, 0) is 13.5 Å². The molecule has 0 bridgehead atoms. The van der Waals surface area contributed by atoms with Gasteiger partial charge in [0.15, 0.2) is 0 Å². The molecule has 0 amide bonds. The quantitative estimate of drug-likeness (QED) is 0.641. The van der Waals surface area contributed by atoms with E-state index < -0.39 is 0 Å². The van der Waals surface area contributed by atoms with E-state index in [1.54, 1.807) is 7.11 Å². The van der Waals surface area contributed by atoms with Crippen LogP contribution in [0.15, 0.2) is 0 Å². The molecule has 1 saturated heterocycles. The van der Waals surface area contributed by atoms with Crippen LogP contribution in [0.4, 0.5) is 0 Å². The average Bonchev–Trinajstić information content (AvgIpc) is 2.16. The molecule has 0 saturated carbocycles. The van der Waals surface area contributed by atoms with Gasteiger partial charge >= 0.3 is 0 Å². The third-order valence-electron chi connectivity index (χ3n) is 2.88. The minimum absolute atomic E-state index is 0.624. The van der Waals surface area contributed by atoms with Crippen molar-refractivity contribution in [3.63, 3.8) is 0 Å². The maximum Gasteiger partial charge on any atom is 0.0617 e. The second-order valence-corrected chi connectivity index (χ2v) is 3.86. The van der Waals surface area contributed by atoms with Crippen molar-refractivity contribution in [2.24, 2.45) is 0 Å². The van der Waals surface area contributed by atoms with Crippen molar-refractivity contribution < 1.29 is 4.74 Å². The Bertz CT molecular complexity index is 133. The van der Waals surface area contributed by atoms with Gasteiger partial charge in [-0.25, -0.2) is 0 Å². The van der Waals surface area contributed by atoms with Crippen LogP contribution in [0.1, 0.15) is 13.3 Å². The van der Waals surface area contributed by atoms with Gasteiger partial charge in [0.25, 0.3) is 0 Å². The first-order valence-corrected chi connectivity index (χ1v) is 5.19. The summed E-state index contributed by atoms with van der Waals surface area (Å²) in [6.07, 6.45) is 1.19. The number of likely N-dealkylation sites (N-methyl/N-ethyl adjacent to an activating group) is 1. The Balaban J connectivity index is 2.32. The van der Waals surface area contributed by atoms with Crippen LogP contribution in [0.3, 0.4) is 0 Å². The molecule has 1 atom stereocenters. The molecule has 1 aliphatic heterocycles. The Labute approximate surface area is 81.7 Å². The van der Waals surface area contributed by atoms with Gasteiger partial charge in [0.1, 0.15) is 0 Å². The summed E-state index contributed by atoms with van der Waals surface area (Å²) in [5.74, 6) is 0.